The molecule has 2 rings (SSSR count). The van der Waals surface area contributed by atoms with E-state index in [1.165, 1.54) is 12.1 Å². The second-order valence-electron chi connectivity index (χ2n) is 4.33. The third kappa shape index (κ3) is 3.94. The van der Waals surface area contributed by atoms with Gasteiger partial charge in [0.2, 0.25) is 0 Å². The number of aliphatic hydroxyl groups is 1. The first-order chi connectivity index (χ1) is 10.1. The van der Waals surface area contributed by atoms with E-state index in [2.05, 4.69) is 17.2 Å². The molecule has 4 nitrogen and oxygen atoms in total. The third-order valence-corrected chi connectivity index (χ3v) is 2.65. The Labute approximate surface area is 121 Å². The highest BCUT2D eigenvalue weighted by atomic mass is 19.1. The second-order valence-corrected chi connectivity index (χ2v) is 4.33. The first-order valence-corrected chi connectivity index (χ1v) is 6.37. The van der Waals surface area contributed by atoms with Gasteiger partial charge in [-0.05, 0) is 37.3 Å². The van der Waals surface area contributed by atoms with Gasteiger partial charge in [-0.2, -0.15) is 0 Å². The van der Waals surface area contributed by atoms with Crippen molar-refractivity contribution in [2.45, 2.75) is 13.3 Å². The molecule has 0 saturated heterocycles. The van der Waals surface area contributed by atoms with Crippen molar-refractivity contribution in [1.82, 2.24) is 0 Å². The number of anilines is 1. The molecule has 0 saturated carbocycles. The monoisotopic (exact) mass is 287 g/mol. The normalized spacial score (nSPS) is 9.86. The van der Waals surface area contributed by atoms with E-state index in [9.17, 15) is 9.18 Å². The van der Waals surface area contributed by atoms with Gasteiger partial charge in [0.15, 0.2) is 5.76 Å². The molecule has 2 N–H and O–H groups in total. The van der Waals surface area contributed by atoms with E-state index in [1.54, 1.807) is 25.1 Å². The summed E-state index contributed by atoms with van der Waals surface area (Å²) in [5, 5.41) is 11.2. The van der Waals surface area contributed by atoms with Crippen LogP contribution in [0.3, 0.4) is 0 Å². The first-order valence-electron chi connectivity index (χ1n) is 6.37. The van der Waals surface area contributed by atoms with Crippen molar-refractivity contribution >= 4 is 11.6 Å². The maximum Gasteiger partial charge on any atom is 0.291 e. The van der Waals surface area contributed by atoms with Crippen molar-refractivity contribution in [2.75, 3.05) is 11.9 Å². The Morgan fingerprint density at radius 1 is 1.38 bits per heavy atom. The fraction of sp³-hybridized carbons (Fsp3) is 0.188. The predicted octanol–water partition coefficient (Wildman–Crippen LogP) is 2.71. The van der Waals surface area contributed by atoms with Crippen LogP contribution < -0.4 is 5.32 Å². The second kappa shape index (κ2) is 6.73. The molecule has 0 fully saturated rings. The molecule has 1 amide bonds. The molecule has 0 unspecified atom stereocenters. The van der Waals surface area contributed by atoms with Crippen molar-refractivity contribution in [1.29, 1.82) is 0 Å². The van der Waals surface area contributed by atoms with Crippen LogP contribution in [-0.2, 0) is 0 Å². The lowest BCUT2D eigenvalue weighted by molar-refractivity contribution is 0.0995. The number of nitrogens with one attached hydrogen (secondary N) is 1. The van der Waals surface area contributed by atoms with Crippen molar-refractivity contribution in [3.8, 4) is 11.8 Å². The fourth-order valence-corrected chi connectivity index (χ4v) is 1.66. The lowest BCUT2D eigenvalue weighted by Gasteiger charge is -2.04. The zero-order valence-corrected chi connectivity index (χ0v) is 11.4. The summed E-state index contributed by atoms with van der Waals surface area (Å²) in [5.41, 5.74) is 0.537. The molecular weight excluding hydrogens is 273 g/mol. The van der Waals surface area contributed by atoms with Crippen molar-refractivity contribution in [3.63, 3.8) is 0 Å². The van der Waals surface area contributed by atoms with Crippen molar-refractivity contribution < 1.29 is 18.7 Å². The molecule has 0 atom stereocenters. The van der Waals surface area contributed by atoms with Gasteiger partial charge in [0.25, 0.3) is 5.91 Å². The predicted molar refractivity (Wildman–Crippen MR) is 76.4 cm³/mol. The van der Waals surface area contributed by atoms with Crippen LogP contribution in [0.2, 0.25) is 0 Å². The molecule has 1 aromatic carbocycles. The molecule has 1 heterocycles. The minimum Gasteiger partial charge on any atom is -0.456 e. The highest BCUT2D eigenvalue weighted by Gasteiger charge is 2.11. The highest BCUT2D eigenvalue weighted by molar-refractivity contribution is 6.02. The van der Waals surface area contributed by atoms with Crippen LogP contribution in [0.15, 0.2) is 34.7 Å². The molecule has 0 aliphatic heterocycles. The quantitative estimate of drug-likeness (QED) is 0.853. The van der Waals surface area contributed by atoms with Crippen molar-refractivity contribution in [3.05, 3.63) is 53.2 Å². The Balaban J connectivity index is 2.10. The lowest BCUT2D eigenvalue weighted by Crippen LogP contribution is -2.11. The highest BCUT2D eigenvalue weighted by Crippen LogP contribution is 2.16. The van der Waals surface area contributed by atoms with Crippen LogP contribution in [0.5, 0.6) is 0 Å². The van der Waals surface area contributed by atoms with Crippen LogP contribution in [0, 0.1) is 24.6 Å². The van der Waals surface area contributed by atoms with E-state index in [0.29, 0.717) is 11.4 Å². The van der Waals surface area contributed by atoms with Gasteiger partial charge in [-0.15, -0.1) is 0 Å². The number of amides is 1. The van der Waals surface area contributed by atoms with E-state index < -0.39 is 11.7 Å². The van der Waals surface area contributed by atoms with Gasteiger partial charge in [0, 0.05) is 12.1 Å². The molecule has 0 aliphatic rings. The van der Waals surface area contributed by atoms with Crippen LogP contribution in [-0.4, -0.2) is 17.6 Å². The number of hydrogen-bond acceptors (Lipinski definition) is 3. The van der Waals surface area contributed by atoms with Gasteiger partial charge in [0.05, 0.1) is 12.2 Å². The lowest BCUT2D eigenvalue weighted by atomic mass is 10.2. The van der Waals surface area contributed by atoms with Gasteiger partial charge in [-0.1, -0.05) is 11.8 Å². The number of halogens is 1. The Kier molecular flexibility index (Phi) is 4.75. The van der Waals surface area contributed by atoms with Gasteiger partial charge in [-0.3, -0.25) is 4.79 Å². The largest absolute Gasteiger partial charge is 0.456 e. The van der Waals surface area contributed by atoms with E-state index in [1.807, 2.05) is 0 Å². The average molecular weight is 287 g/mol. The molecule has 21 heavy (non-hydrogen) atoms. The number of carbonyl (C=O) groups excluding carboxylic acids is 1. The number of hydrogen-bond donors (Lipinski definition) is 2. The Bertz CT molecular complexity index is 710. The zero-order chi connectivity index (χ0) is 15.2. The van der Waals surface area contributed by atoms with E-state index in [-0.39, 0.29) is 24.4 Å². The van der Waals surface area contributed by atoms with Gasteiger partial charge >= 0.3 is 0 Å². The summed E-state index contributed by atoms with van der Waals surface area (Å²) in [4.78, 5) is 11.9. The van der Waals surface area contributed by atoms with Gasteiger partial charge < -0.3 is 14.8 Å². The molecule has 0 aliphatic carbocycles. The number of aryl methyl sites for hydroxylation is 1. The maximum absolute atomic E-state index is 13.8. The maximum atomic E-state index is 13.8. The minimum absolute atomic E-state index is 0.0642. The Morgan fingerprint density at radius 3 is 2.81 bits per heavy atom. The Hall–Kier alpha value is -2.58. The van der Waals surface area contributed by atoms with Crippen LogP contribution in [0.4, 0.5) is 10.1 Å². The molecule has 108 valence electrons. The summed E-state index contributed by atoms with van der Waals surface area (Å²) >= 11 is 0. The smallest absolute Gasteiger partial charge is 0.291 e. The van der Waals surface area contributed by atoms with Crippen molar-refractivity contribution in [2.24, 2.45) is 0 Å². The standard InChI is InChI=1S/C16H14FNO3/c1-11-5-8-15(21-11)16(20)18-13-7-6-12(14(17)10-13)4-2-3-9-19/h5-8,10,19H,3,9H2,1H3,(H,18,20). The molecule has 0 spiro atoms. The summed E-state index contributed by atoms with van der Waals surface area (Å²) in [7, 11) is 0. The van der Waals surface area contributed by atoms with Crippen LogP contribution in [0.25, 0.3) is 0 Å². The summed E-state index contributed by atoms with van der Waals surface area (Å²) in [6, 6.07) is 7.45. The first kappa shape index (κ1) is 14.8. The van der Waals surface area contributed by atoms with E-state index in [4.69, 9.17) is 9.52 Å². The zero-order valence-electron chi connectivity index (χ0n) is 11.4. The summed E-state index contributed by atoms with van der Waals surface area (Å²) in [5.74, 6) is 5.07. The molecule has 1 aromatic heterocycles. The Morgan fingerprint density at radius 2 is 2.19 bits per heavy atom. The van der Waals surface area contributed by atoms with Crippen LogP contribution >= 0.6 is 0 Å². The average Bonchev–Trinajstić information content (AvgIpc) is 2.88. The minimum atomic E-state index is -0.533. The molecular formula is C16H14FNO3. The van der Waals surface area contributed by atoms with E-state index >= 15 is 0 Å². The summed E-state index contributed by atoms with van der Waals surface area (Å²) < 4.78 is 19.0. The molecule has 2 aromatic rings. The van der Waals surface area contributed by atoms with Gasteiger partial charge in [0.1, 0.15) is 11.6 Å². The molecule has 5 heteroatoms. The number of furan rings is 1. The number of aliphatic hydroxyl groups excluding tert-OH is 1. The molecule has 0 radical (unpaired) electrons. The third-order valence-electron chi connectivity index (χ3n) is 2.65. The van der Waals surface area contributed by atoms with E-state index in [0.717, 1.165) is 0 Å². The number of benzene rings is 1. The fourth-order valence-electron chi connectivity index (χ4n) is 1.66. The SMILES string of the molecule is Cc1ccc(C(=O)Nc2ccc(C#CCCO)c(F)c2)o1. The van der Waals surface area contributed by atoms with Crippen LogP contribution in [0.1, 0.15) is 28.3 Å². The summed E-state index contributed by atoms with van der Waals surface area (Å²) in [6.07, 6.45) is 0.287. The van der Waals surface area contributed by atoms with Gasteiger partial charge in [-0.25, -0.2) is 4.39 Å². The topological polar surface area (TPSA) is 62.5 Å². The number of rotatable bonds is 3. The molecule has 0 bridgehead atoms. The number of carbonyl (C=O) groups is 1. The summed E-state index contributed by atoms with van der Waals surface area (Å²) in [6.45, 7) is 1.67.